The first-order valence-corrected chi connectivity index (χ1v) is 6.72. The van der Waals surface area contributed by atoms with E-state index in [-0.39, 0.29) is 0 Å². The van der Waals surface area contributed by atoms with Crippen LogP contribution in [0, 0.1) is 11.6 Å². The molecule has 0 aliphatic heterocycles. The molecule has 2 nitrogen and oxygen atoms in total. The SMILES string of the molecule is CCc1c(C)[nH]c(Cc2ccc(Cl)cc2)nc1=S. The summed E-state index contributed by atoms with van der Waals surface area (Å²) < 4.78 is 0.706. The minimum Gasteiger partial charge on any atom is -0.347 e. The molecule has 0 saturated carbocycles. The third-order valence-corrected chi connectivity index (χ3v) is 3.51. The molecule has 0 amide bonds. The molecule has 0 radical (unpaired) electrons. The Kier molecular flexibility index (Phi) is 4.15. The highest BCUT2D eigenvalue weighted by Gasteiger charge is 2.04. The van der Waals surface area contributed by atoms with Gasteiger partial charge in [-0.2, -0.15) is 0 Å². The van der Waals surface area contributed by atoms with Gasteiger partial charge in [-0.05, 0) is 31.0 Å². The molecule has 0 bridgehead atoms. The summed E-state index contributed by atoms with van der Waals surface area (Å²) in [5, 5.41) is 0.747. The maximum atomic E-state index is 5.86. The fraction of sp³-hybridized carbons (Fsp3) is 0.286. The Morgan fingerprint density at radius 3 is 2.50 bits per heavy atom. The second-order valence-corrected chi connectivity index (χ2v) is 5.07. The van der Waals surface area contributed by atoms with Gasteiger partial charge in [0.1, 0.15) is 10.5 Å². The summed E-state index contributed by atoms with van der Waals surface area (Å²) in [5.74, 6) is 0.900. The van der Waals surface area contributed by atoms with Crippen LogP contribution in [0.25, 0.3) is 0 Å². The zero-order chi connectivity index (χ0) is 13.1. The van der Waals surface area contributed by atoms with E-state index >= 15 is 0 Å². The maximum absolute atomic E-state index is 5.86. The van der Waals surface area contributed by atoms with Gasteiger partial charge >= 0.3 is 0 Å². The molecule has 1 heterocycles. The number of halogens is 1. The van der Waals surface area contributed by atoms with Crippen LogP contribution in [-0.4, -0.2) is 9.97 Å². The first-order chi connectivity index (χ1) is 8.60. The highest BCUT2D eigenvalue weighted by atomic mass is 35.5. The van der Waals surface area contributed by atoms with Gasteiger partial charge in [-0.25, -0.2) is 4.98 Å². The van der Waals surface area contributed by atoms with Crippen molar-refractivity contribution in [3.63, 3.8) is 0 Å². The molecule has 0 aliphatic rings. The zero-order valence-electron chi connectivity index (χ0n) is 10.5. The van der Waals surface area contributed by atoms with Crippen molar-refractivity contribution in [2.45, 2.75) is 26.7 Å². The zero-order valence-corrected chi connectivity index (χ0v) is 12.0. The molecule has 94 valence electrons. The van der Waals surface area contributed by atoms with Crippen LogP contribution in [-0.2, 0) is 12.8 Å². The maximum Gasteiger partial charge on any atom is 0.133 e. The van der Waals surface area contributed by atoms with Crippen molar-refractivity contribution >= 4 is 23.8 Å². The Morgan fingerprint density at radius 2 is 1.94 bits per heavy atom. The molecule has 4 heteroatoms. The third kappa shape index (κ3) is 2.98. The summed E-state index contributed by atoms with van der Waals surface area (Å²) >= 11 is 11.2. The van der Waals surface area contributed by atoms with Crippen LogP contribution in [0.1, 0.15) is 29.6 Å². The molecule has 0 spiro atoms. The van der Waals surface area contributed by atoms with Crippen LogP contribution < -0.4 is 0 Å². The third-order valence-electron chi connectivity index (χ3n) is 2.92. The molecule has 1 aromatic heterocycles. The molecule has 2 aromatic rings. The Hall–Kier alpha value is -1.19. The Morgan fingerprint density at radius 1 is 1.28 bits per heavy atom. The minimum absolute atomic E-state index is 0.706. The Bertz CT molecular complexity index is 602. The van der Waals surface area contributed by atoms with Gasteiger partial charge in [0, 0.05) is 22.7 Å². The van der Waals surface area contributed by atoms with E-state index in [1.165, 1.54) is 5.56 Å². The monoisotopic (exact) mass is 278 g/mol. The van der Waals surface area contributed by atoms with Crippen molar-refractivity contribution in [2.75, 3.05) is 0 Å². The summed E-state index contributed by atoms with van der Waals surface area (Å²) in [6, 6.07) is 7.78. The molecule has 0 unspecified atom stereocenters. The fourth-order valence-electron chi connectivity index (χ4n) is 1.97. The number of benzene rings is 1. The average molecular weight is 279 g/mol. The van der Waals surface area contributed by atoms with Crippen molar-refractivity contribution in [1.29, 1.82) is 0 Å². The van der Waals surface area contributed by atoms with Crippen LogP contribution in [0.15, 0.2) is 24.3 Å². The molecule has 1 N–H and O–H groups in total. The van der Waals surface area contributed by atoms with E-state index in [0.29, 0.717) is 4.64 Å². The van der Waals surface area contributed by atoms with Crippen LogP contribution in [0.4, 0.5) is 0 Å². The van der Waals surface area contributed by atoms with Gasteiger partial charge in [-0.1, -0.05) is 42.9 Å². The van der Waals surface area contributed by atoms with E-state index in [1.54, 1.807) is 0 Å². The van der Waals surface area contributed by atoms with Crippen molar-refractivity contribution < 1.29 is 0 Å². The van der Waals surface area contributed by atoms with Crippen LogP contribution in [0.3, 0.4) is 0 Å². The lowest BCUT2D eigenvalue weighted by Gasteiger charge is -2.07. The number of nitrogens with zero attached hydrogens (tertiary/aromatic N) is 1. The van der Waals surface area contributed by atoms with Gasteiger partial charge in [0.05, 0.1) is 0 Å². The number of nitrogens with one attached hydrogen (secondary N) is 1. The summed E-state index contributed by atoms with van der Waals surface area (Å²) in [6.07, 6.45) is 1.65. The standard InChI is InChI=1S/C14H15ClN2S/c1-3-12-9(2)16-13(17-14(12)18)8-10-4-6-11(15)7-5-10/h4-7H,3,8H2,1-2H3,(H,16,17,18). The number of aromatic amines is 1. The first-order valence-electron chi connectivity index (χ1n) is 5.93. The number of hydrogen-bond acceptors (Lipinski definition) is 2. The van der Waals surface area contributed by atoms with E-state index in [4.69, 9.17) is 23.8 Å². The predicted molar refractivity (Wildman–Crippen MR) is 77.8 cm³/mol. The summed E-state index contributed by atoms with van der Waals surface area (Å²) in [5.41, 5.74) is 3.41. The topological polar surface area (TPSA) is 28.7 Å². The summed E-state index contributed by atoms with van der Waals surface area (Å²) in [4.78, 5) is 7.77. The minimum atomic E-state index is 0.706. The number of rotatable bonds is 3. The largest absolute Gasteiger partial charge is 0.347 e. The van der Waals surface area contributed by atoms with E-state index in [2.05, 4.69) is 16.9 Å². The fourth-order valence-corrected chi connectivity index (χ4v) is 2.50. The van der Waals surface area contributed by atoms with Crippen LogP contribution in [0.5, 0.6) is 0 Å². The number of aromatic nitrogens is 2. The molecule has 0 fully saturated rings. The first kappa shape index (κ1) is 13.2. The van der Waals surface area contributed by atoms with Crippen LogP contribution >= 0.6 is 23.8 Å². The van der Waals surface area contributed by atoms with Gasteiger partial charge in [0.2, 0.25) is 0 Å². The second-order valence-electron chi connectivity index (χ2n) is 4.25. The normalized spacial score (nSPS) is 10.6. The smallest absolute Gasteiger partial charge is 0.133 e. The van der Waals surface area contributed by atoms with E-state index < -0.39 is 0 Å². The lowest BCUT2D eigenvalue weighted by molar-refractivity contribution is 0.895. The quantitative estimate of drug-likeness (QED) is 0.850. The summed E-state index contributed by atoms with van der Waals surface area (Å²) in [7, 11) is 0. The summed E-state index contributed by atoms with van der Waals surface area (Å²) in [6.45, 7) is 4.13. The molecular weight excluding hydrogens is 264 g/mol. The molecule has 0 aliphatic carbocycles. The van der Waals surface area contributed by atoms with Crippen molar-refractivity contribution in [2.24, 2.45) is 0 Å². The van der Waals surface area contributed by atoms with E-state index in [1.807, 2.05) is 31.2 Å². The predicted octanol–water partition coefficient (Wildman–Crippen LogP) is 4.25. The molecule has 0 atom stereocenters. The average Bonchev–Trinajstić information content (AvgIpc) is 2.32. The highest BCUT2D eigenvalue weighted by molar-refractivity contribution is 7.71. The lowest BCUT2D eigenvalue weighted by atomic mass is 10.1. The molecule has 18 heavy (non-hydrogen) atoms. The lowest BCUT2D eigenvalue weighted by Crippen LogP contribution is -2.03. The Balaban J connectivity index is 2.30. The van der Waals surface area contributed by atoms with Crippen molar-refractivity contribution in [3.8, 4) is 0 Å². The van der Waals surface area contributed by atoms with Gasteiger partial charge in [0.25, 0.3) is 0 Å². The van der Waals surface area contributed by atoms with Crippen molar-refractivity contribution in [3.05, 3.63) is 56.6 Å². The Labute approximate surface area is 117 Å². The van der Waals surface area contributed by atoms with Crippen LogP contribution in [0.2, 0.25) is 5.02 Å². The van der Waals surface area contributed by atoms with Gasteiger partial charge in [-0.15, -0.1) is 0 Å². The number of hydrogen-bond donors (Lipinski definition) is 1. The van der Waals surface area contributed by atoms with E-state index in [0.717, 1.165) is 34.9 Å². The van der Waals surface area contributed by atoms with Gasteiger partial charge in [-0.3, -0.25) is 0 Å². The number of aryl methyl sites for hydroxylation is 1. The molecule has 1 aromatic carbocycles. The van der Waals surface area contributed by atoms with Gasteiger partial charge < -0.3 is 4.98 Å². The number of H-pyrrole nitrogens is 1. The second kappa shape index (κ2) is 5.63. The van der Waals surface area contributed by atoms with Gasteiger partial charge in [0.15, 0.2) is 0 Å². The van der Waals surface area contributed by atoms with E-state index in [9.17, 15) is 0 Å². The highest BCUT2D eigenvalue weighted by Crippen LogP contribution is 2.13. The van der Waals surface area contributed by atoms with Crippen molar-refractivity contribution in [1.82, 2.24) is 9.97 Å². The molecule has 0 saturated heterocycles. The molecule has 2 rings (SSSR count). The molecular formula is C14H15ClN2S.